The predicted octanol–water partition coefficient (Wildman–Crippen LogP) is 2.64. The molecule has 0 aromatic rings. The van der Waals surface area contributed by atoms with Gasteiger partial charge in [0, 0.05) is 12.6 Å². The molecule has 2 rings (SSSR count). The first-order valence-corrected chi connectivity index (χ1v) is 7.35. The van der Waals surface area contributed by atoms with Gasteiger partial charge in [0.05, 0.1) is 0 Å². The zero-order valence-corrected chi connectivity index (χ0v) is 10.9. The summed E-state index contributed by atoms with van der Waals surface area (Å²) in [5.41, 5.74) is 0. The van der Waals surface area contributed by atoms with E-state index in [1.54, 1.807) is 0 Å². The van der Waals surface area contributed by atoms with Gasteiger partial charge in [-0.05, 0) is 51.2 Å². The average Bonchev–Trinajstić information content (AvgIpc) is 2.68. The lowest BCUT2D eigenvalue weighted by atomic mass is 9.82. The molecule has 2 nitrogen and oxygen atoms in total. The van der Waals surface area contributed by atoms with Crippen molar-refractivity contribution in [3.05, 3.63) is 0 Å². The van der Waals surface area contributed by atoms with Crippen molar-refractivity contribution in [3.63, 3.8) is 0 Å². The Hall–Kier alpha value is -0.0800. The lowest BCUT2D eigenvalue weighted by molar-refractivity contribution is 0.255. The molecule has 94 valence electrons. The van der Waals surface area contributed by atoms with Crippen LogP contribution in [0.1, 0.15) is 51.9 Å². The second kappa shape index (κ2) is 6.61. The van der Waals surface area contributed by atoms with E-state index >= 15 is 0 Å². The van der Waals surface area contributed by atoms with E-state index in [2.05, 4.69) is 17.1 Å². The molecule has 0 aromatic heterocycles. The predicted molar refractivity (Wildman–Crippen MR) is 69.7 cm³/mol. The Balaban J connectivity index is 1.47. The molecular weight excluding hydrogens is 196 g/mol. The minimum Gasteiger partial charge on any atom is -0.315 e. The standard InChI is InChI=1S/C14H28N2/c1-2-16-11-5-9-14(16)12-15-10-4-8-13-6-3-7-13/h13-15H,2-12H2,1H3/t14-/m1/s1. The van der Waals surface area contributed by atoms with Gasteiger partial charge in [0.25, 0.3) is 0 Å². The molecule has 0 amide bonds. The number of nitrogens with zero attached hydrogens (tertiary/aromatic N) is 1. The minimum atomic E-state index is 0.828. The molecule has 1 heterocycles. The van der Waals surface area contributed by atoms with E-state index < -0.39 is 0 Å². The van der Waals surface area contributed by atoms with Crippen LogP contribution >= 0.6 is 0 Å². The van der Waals surface area contributed by atoms with Crippen LogP contribution in [0.15, 0.2) is 0 Å². The highest BCUT2D eigenvalue weighted by Crippen LogP contribution is 2.30. The number of likely N-dealkylation sites (N-methyl/N-ethyl adjacent to an activating group) is 1. The molecule has 2 heteroatoms. The Kier molecular flexibility index (Phi) is 5.11. The summed E-state index contributed by atoms with van der Waals surface area (Å²) in [4.78, 5) is 2.62. The van der Waals surface area contributed by atoms with Crippen molar-refractivity contribution in [3.8, 4) is 0 Å². The number of hydrogen-bond acceptors (Lipinski definition) is 2. The van der Waals surface area contributed by atoms with E-state index in [0.717, 1.165) is 12.0 Å². The summed E-state index contributed by atoms with van der Waals surface area (Å²) in [6.07, 6.45) is 10.2. The van der Waals surface area contributed by atoms with Crippen LogP contribution in [0.4, 0.5) is 0 Å². The maximum Gasteiger partial charge on any atom is 0.0220 e. The Morgan fingerprint density at radius 1 is 1.19 bits per heavy atom. The molecule has 1 aliphatic carbocycles. The largest absolute Gasteiger partial charge is 0.315 e. The van der Waals surface area contributed by atoms with E-state index in [0.29, 0.717) is 0 Å². The van der Waals surface area contributed by atoms with Crippen LogP contribution in [0, 0.1) is 5.92 Å². The first-order chi connectivity index (χ1) is 7.90. The molecule has 1 atom stereocenters. The molecule has 1 aliphatic heterocycles. The summed E-state index contributed by atoms with van der Waals surface area (Å²) in [5.74, 6) is 1.08. The van der Waals surface area contributed by atoms with Crippen molar-refractivity contribution >= 4 is 0 Å². The van der Waals surface area contributed by atoms with Crippen LogP contribution in [-0.2, 0) is 0 Å². The molecule has 1 N–H and O–H groups in total. The van der Waals surface area contributed by atoms with Crippen molar-refractivity contribution in [2.75, 3.05) is 26.2 Å². The lowest BCUT2D eigenvalue weighted by Crippen LogP contribution is -2.38. The van der Waals surface area contributed by atoms with Gasteiger partial charge in [0.2, 0.25) is 0 Å². The highest BCUT2D eigenvalue weighted by atomic mass is 15.2. The third-order valence-electron chi connectivity index (χ3n) is 4.48. The Bertz CT molecular complexity index is 189. The van der Waals surface area contributed by atoms with E-state index in [9.17, 15) is 0 Å². The van der Waals surface area contributed by atoms with Crippen LogP contribution in [0.2, 0.25) is 0 Å². The van der Waals surface area contributed by atoms with Gasteiger partial charge in [0.15, 0.2) is 0 Å². The maximum atomic E-state index is 3.65. The summed E-state index contributed by atoms with van der Waals surface area (Å²) >= 11 is 0. The molecule has 1 saturated heterocycles. The van der Waals surface area contributed by atoms with Crippen LogP contribution < -0.4 is 5.32 Å². The SMILES string of the molecule is CCN1CCC[C@@H]1CNCCCC1CCC1. The molecular formula is C14H28N2. The molecule has 1 saturated carbocycles. The van der Waals surface area contributed by atoms with Gasteiger partial charge in [-0.25, -0.2) is 0 Å². The van der Waals surface area contributed by atoms with Crippen LogP contribution in [-0.4, -0.2) is 37.1 Å². The fourth-order valence-electron chi connectivity index (χ4n) is 3.11. The van der Waals surface area contributed by atoms with E-state index in [1.165, 1.54) is 71.1 Å². The van der Waals surface area contributed by atoms with E-state index in [1.807, 2.05) is 0 Å². The summed E-state index contributed by atoms with van der Waals surface area (Å²) in [7, 11) is 0. The molecule has 0 radical (unpaired) electrons. The number of rotatable bonds is 7. The normalized spacial score (nSPS) is 27.2. The second-order valence-electron chi connectivity index (χ2n) is 5.57. The van der Waals surface area contributed by atoms with Crippen molar-refractivity contribution < 1.29 is 0 Å². The van der Waals surface area contributed by atoms with Crippen molar-refractivity contribution in [2.45, 2.75) is 57.9 Å². The topological polar surface area (TPSA) is 15.3 Å². The zero-order valence-electron chi connectivity index (χ0n) is 10.9. The van der Waals surface area contributed by atoms with Gasteiger partial charge in [-0.15, -0.1) is 0 Å². The molecule has 16 heavy (non-hydrogen) atoms. The van der Waals surface area contributed by atoms with Gasteiger partial charge in [0.1, 0.15) is 0 Å². The average molecular weight is 224 g/mol. The maximum absolute atomic E-state index is 3.65. The minimum absolute atomic E-state index is 0.828. The van der Waals surface area contributed by atoms with Crippen molar-refractivity contribution in [2.24, 2.45) is 5.92 Å². The summed E-state index contributed by atoms with van der Waals surface area (Å²) in [6, 6.07) is 0.828. The van der Waals surface area contributed by atoms with Gasteiger partial charge < -0.3 is 5.32 Å². The Morgan fingerprint density at radius 2 is 2.06 bits per heavy atom. The van der Waals surface area contributed by atoms with Crippen molar-refractivity contribution in [1.82, 2.24) is 10.2 Å². The molecule has 0 aromatic carbocycles. The summed E-state index contributed by atoms with van der Waals surface area (Å²) in [6.45, 7) is 7.30. The van der Waals surface area contributed by atoms with Crippen molar-refractivity contribution in [1.29, 1.82) is 0 Å². The monoisotopic (exact) mass is 224 g/mol. The number of hydrogen-bond donors (Lipinski definition) is 1. The third-order valence-corrected chi connectivity index (χ3v) is 4.48. The molecule has 0 unspecified atom stereocenters. The summed E-state index contributed by atoms with van der Waals surface area (Å²) in [5, 5.41) is 3.65. The third kappa shape index (κ3) is 3.46. The molecule has 0 bridgehead atoms. The van der Waals surface area contributed by atoms with Crippen LogP contribution in [0.25, 0.3) is 0 Å². The Labute approximate surface area is 101 Å². The van der Waals surface area contributed by atoms with E-state index in [4.69, 9.17) is 0 Å². The van der Waals surface area contributed by atoms with Gasteiger partial charge >= 0.3 is 0 Å². The van der Waals surface area contributed by atoms with Gasteiger partial charge in [-0.1, -0.05) is 26.2 Å². The smallest absolute Gasteiger partial charge is 0.0220 e. The zero-order chi connectivity index (χ0) is 11.2. The van der Waals surface area contributed by atoms with E-state index in [-0.39, 0.29) is 0 Å². The number of likely N-dealkylation sites (tertiary alicyclic amines) is 1. The van der Waals surface area contributed by atoms with Crippen LogP contribution in [0.3, 0.4) is 0 Å². The first-order valence-electron chi connectivity index (χ1n) is 7.35. The molecule has 2 aliphatic rings. The molecule has 2 fully saturated rings. The van der Waals surface area contributed by atoms with Crippen LogP contribution in [0.5, 0.6) is 0 Å². The number of nitrogens with one attached hydrogen (secondary N) is 1. The Morgan fingerprint density at radius 3 is 2.75 bits per heavy atom. The quantitative estimate of drug-likeness (QED) is 0.669. The molecule has 0 spiro atoms. The lowest BCUT2D eigenvalue weighted by Gasteiger charge is -2.26. The van der Waals surface area contributed by atoms with Gasteiger partial charge in [-0.2, -0.15) is 0 Å². The fourth-order valence-corrected chi connectivity index (χ4v) is 3.11. The van der Waals surface area contributed by atoms with Gasteiger partial charge in [-0.3, -0.25) is 4.90 Å². The summed E-state index contributed by atoms with van der Waals surface area (Å²) < 4.78 is 0. The highest BCUT2D eigenvalue weighted by molar-refractivity contribution is 4.80. The first kappa shape index (κ1) is 12.4. The fraction of sp³-hybridized carbons (Fsp3) is 1.00. The second-order valence-corrected chi connectivity index (χ2v) is 5.57. The highest BCUT2D eigenvalue weighted by Gasteiger charge is 2.22.